The Balaban J connectivity index is 1.61. The number of aromatic nitrogens is 3. The van der Waals surface area contributed by atoms with Crippen molar-refractivity contribution in [1.82, 2.24) is 14.4 Å². The van der Waals surface area contributed by atoms with Gasteiger partial charge in [0.25, 0.3) is 5.91 Å². The maximum Gasteiger partial charge on any atom is 0.414 e. The minimum absolute atomic E-state index is 0.0236. The zero-order valence-corrected chi connectivity index (χ0v) is 18.6. The molecule has 170 valence electrons. The van der Waals surface area contributed by atoms with Crippen molar-refractivity contribution < 1.29 is 23.1 Å². The molecule has 0 unspecified atom stereocenters. The molecule has 0 spiro atoms. The molecule has 0 aliphatic carbocycles. The molecule has 4 aromatic rings. The van der Waals surface area contributed by atoms with E-state index < -0.39 is 17.8 Å². The molecule has 33 heavy (non-hydrogen) atoms. The first-order chi connectivity index (χ1) is 15.7. The fourth-order valence-electron chi connectivity index (χ4n) is 2.99. The first-order valence-corrected chi connectivity index (χ1v) is 10.2. The third-order valence-electron chi connectivity index (χ3n) is 4.59. The van der Waals surface area contributed by atoms with Crippen LogP contribution in [0.2, 0.25) is 5.22 Å². The lowest BCUT2D eigenvalue weighted by Gasteiger charge is -2.18. The Morgan fingerprint density at radius 2 is 2.03 bits per heavy atom. The van der Waals surface area contributed by atoms with Crippen molar-refractivity contribution in [3.8, 4) is 11.3 Å². The van der Waals surface area contributed by atoms with Crippen LogP contribution in [0.5, 0.6) is 0 Å². The average Bonchev–Trinajstić information content (AvgIpc) is 3.39. The molecule has 1 aromatic carbocycles. The van der Waals surface area contributed by atoms with E-state index in [1.165, 1.54) is 41.4 Å². The molecular formula is C22H19ClFN5O4. The number of hydrogen-bond acceptors (Lipinski definition) is 6. The standard InChI is InChI=1S/C22H19ClFN5O4/c1-12(2)32-22(31)28(3)14-9-25-21-27-17(11-29(21)10-14)15-8-13(4-5-16(15)24)26-20(30)18-6-7-19(23)33-18/h4-12H,1-3H3,(H,26,30). The molecule has 3 heterocycles. The molecule has 11 heteroatoms. The summed E-state index contributed by atoms with van der Waals surface area (Å²) in [5.74, 6) is -0.735. The molecule has 0 atom stereocenters. The van der Waals surface area contributed by atoms with Gasteiger partial charge in [-0.25, -0.2) is 19.2 Å². The molecule has 0 radical (unpaired) electrons. The number of imidazole rings is 1. The Morgan fingerprint density at radius 1 is 1.24 bits per heavy atom. The highest BCUT2D eigenvalue weighted by Crippen LogP contribution is 2.27. The van der Waals surface area contributed by atoms with E-state index in [1.807, 2.05) is 0 Å². The van der Waals surface area contributed by atoms with Crippen molar-refractivity contribution >= 4 is 40.8 Å². The van der Waals surface area contributed by atoms with Gasteiger partial charge in [-0.05, 0) is 55.8 Å². The lowest BCUT2D eigenvalue weighted by molar-refractivity contribution is 0.0996. The van der Waals surface area contributed by atoms with Crippen molar-refractivity contribution in [2.24, 2.45) is 0 Å². The van der Waals surface area contributed by atoms with E-state index in [9.17, 15) is 14.0 Å². The second-order valence-electron chi connectivity index (χ2n) is 7.39. The van der Waals surface area contributed by atoms with Crippen molar-refractivity contribution in [3.63, 3.8) is 0 Å². The van der Waals surface area contributed by atoms with E-state index >= 15 is 0 Å². The van der Waals surface area contributed by atoms with Gasteiger partial charge in [0.15, 0.2) is 11.0 Å². The van der Waals surface area contributed by atoms with Gasteiger partial charge in [-0.3, -0.25) is 14.1 Å². The smallest absolute Gasteiger partial charge is 0.414 e. The monoisotopic (exact) mass is 471 g/mol. The number of nitrogens with zero attached hydrogens (tertiary/aromatic N) is 4. The van der Waals surface area contributed by atoms with Crippen LogP contribution in [0.15, 0.2) is 53.3 Å². The molecule has 0 aliphatic rings. The Kier molecular flexibility index (Phi) is 6.01. The van der Waals surface area contributed by atoms with Crippen molar-refractivity contribution in [2.45, 2.75) is 20.0 Å². The second-order valence-corrected chi connectivity index (χ2v) is 7.76. The molecule has 3 aromatic heterocycles. The maximum atomic E-state index is 14.6. The number of benzene rings is 1. The number of hydrogen-bond donors (Lipinski definition) is 1. The van der Waals surface area contributed by atoms with E-state index in [-0.39, 0.29) is 22.6 Å². The first kappa shape index (κ1) is 22.3. The topological polar surface area (TPSA) is 102 Å². The number of anilines is 2. The average molecular weight is 472 g/mol. The van der Waals surface area contributed by atoms with Crippen LogP contribution in [0.25, 0.3) is 17.0 Å². The Bertz CT molecular complexity index is 1350. The summed E-state index contributed by atoms with van der Waals surface area (Å²) in [5, 5.41) is 2.71. The fourth-order valence-corrected chi connectivity index (χ4v) is 3.14. The van der Waals surface area contributed by atoms with E-state index in [4.69, 9.17) is 20.8 Å². The third-order valence-corrected chi connectivity index (χ3v) is 4.79. The fraction of sp³-hybridized carbons (Fsp3) is 0.182. The summed E-state index contributed by atoms with van der Waals surface area (Å²) in [6, 6.07) is 6.97. The lowest BCUT2D eigenvalue weighted by Crippen LogP contribution is -2.29. The van der Waals surface area contributed by atoms with Gasteiger partial charge in [0, 0.05) is 30.7 Å². The molecular weight excluding hydrogens is 453 g/mol. The van der Waals surface area contributed by atoms with Gasteiger partial charge in [0.2, 0.25) is 5.78 Å². The van der Waals surface area contributed by atoms with Crippen LogP contribution in [-0.2, 0) is 4.74 Å². The quantitative estimate of drug-likeness (QED) is 0.438. The second kappa shape index (κ2) is 8.91. The summed E-state index contributed by atoms with van der Waals surface area (Å²) >= 11 is 5.70. The van der Waals surface area contributed by atoms with Gasteiger partial charge < -0.3 is 14.5 Å². The van der Waals surface area contributed by atoms with Crippen LogP contribution < -0.4 is 10.2 Å². The molecule has 0 saturated carbocycles. The molecule has 0 bridgehead atoms. The number of ether oxygens (including phenoxy) is 1. The van der Waals surface area contributed by atoms with Crippen molar-refractivity contribution in [1.29, 1.82) is 0 Å². The highest BCUT2D eigenvalue weighted by Gasteiger charge is 2.17. The van der Waals surface area contributed by atoms with Crippen LogP contribution >= 0.6 is 11.6 Å². The third kappa shape index (κ3) is 4.80. The number of nitrogens with one attached hydrogen (secondary N) is 1. The highest BCUT2D eigenvalue weighted by atomic mass is 35.5. The first-order valence-electron chi connectivity index (χ1n) is 9.87. The van der Waals surface area contributed by atoms with E-state index in [0.717, 1.165) is 0 Å². The predicted molar refractivity (Wildman–Crippen MR) is 120 cm³/mol. The SMILES string of the molecule is CC(C)OC(=O)N(C)c1cnc2nc(-c3cc(NC(=O)c4ccc(Cl)o4)ccc3F)cn2c1. The zero-order valence-electron chi connectivity index (χ0n) is 17.9. The van der Waals surface area contributed by atoms with Gasteiger partial charge in [-0.15, -0.1) is 0 Å². The van der Waals surface area contributed by atoms with Gasteiger partial charge in [0.05, 0.1) is 23.7 Å². The van der Waals surface area contributed by atoms with Gasteiger partial charge in [-0.1, -0.05) is 0 Å². The number of furan rings is 1. The summed E-state index contributed by atoms with van der Waals surface area (Å²) in [4.78, 5) is 34.3. The van der Waals surface area contributed by atoms with Gasteiger partial charge in [0.1, 0.15) is 5.82 Å². The molecule has 4 rings (SSSR count). The zero-order chi connectivity index (χ0) is 23.7. The molecule has 0 aliphatic heterocycles. The largest absolute Gasteiger partial charge is 0.446 e. The minimum Gasteiger partial charge on any atom is -0.446 e. The number of amides is 2. The van der Waals surface area contributed by atoms with E-state index in [2.05, 4.69) is 15.3 Å². The molecule has 2 amide bonds. The van der Waals surface area contributed by atoms with Crippen molar-refractivity contribution in [2.75, 3.05) is 17.3 Å². The summed E-state index contributed by atoms with van der Waals surface area (Å²) in [7, 11) is 1.56. The van der Waals surface area contributed by atoms with E-state index in [1.54, 1.807) is 37.7 Å². The summed E-state index contributed by atoms with van der Waals surface area (Å²) < 4.78 is 26.4. The number of fused-ring (bicyclic) bond motifs is 1. The number of rotatable bonds is 5. The number of halogens is 2. The van der Waals surface area contributed by atoms with Crippen LogP contribution in [0.1, 0.15) is 24.4 Å². The van der Waals surface area contributed by atoms with Crippen LogP contribution in [0.3, 0.4) is 0 Å². The lowest BCUT2D eigenvalue weighted by atomic mass is 10.1. The summed E-state index contributed by atoms with van der Waals surface area (Å²) in [6.07, 6.45) is 3.87. The summed E-state index contributed by atoms with van der Waals surface area (Å²) in [6.45, 7) is 3.51. The Labute approximate surface area is 192 Å². The maximum absolute atomic E-state index is 14.6. The van der Waals surface area contributed by atoms with E-state index in [0.29, 0.717) is 22.8 Å². The normalized spacial score (nSPS) is 11.1. The predicted octanol–water partition coefficient (Wildman–Crippen LogP) is 5.02. The van der Waals surface area contributed by atoms with Crippen LogP contribution in [-0.4, -0.2) is 39.5 Å². The van der Waals surface area contributed by atoms with Crippen LogP contribution in [0, 0.1) is 5.82 Å². The Hall–Kier alpha value is -3.92. The Morgan fingerprint density at radius 3 is 2.73 bits per heavy atom. The number of carbonyl (C=O) groups excluding carboxylic acids is 2. The number of carbonyl (C=O) groups is 2. The summed E-state index contributed by atoms with van der Waals surface area (Å²) in [5.41, 5.74) is 1.26. The molecule has 9 nitrogen and oxygen atoms in total. The molecule has 0 fully saturated rings. The minimum atomic E-state index is -0.532. The highest BCUT2D eigenvalue weighted by molar-refractivity contribution is 6.29. The molecule has 1 N–H and O–H groups in total. The van der Waals surface area contributed by atoms with Crippen LogP contribution in [0.4, 0.5) is 20.6 Å². The molecule has 0 saturated heterocycles. The van der Waals surface area contributed by atoms with Gasteiger partial charge in [-0.2, -0.15) is 0 Å². The van der Waals surface area contributed by atoms with Crippen molar-refractivity contribution in [3.05, 3.63) is 65.7 Å². The van der Waals surface area contributed by atoms with Gasteiger partial charge >= 0.3 is 6.09 Å².